The summed E-state index contributed by atoms with van der Waals surface area (Å²) in [5.41, 5.74) is 4.85. The van der Waals surface area contributed by atoms with Crippen LogP contribution >= 0.6 is 0 Å². The van der Waals surface area contributed by atoms with Gasteiger partial charge in [-0.25, -0.2) is 0 Å². The number of rotatable bonds is 1. The van der Waals surface area contributed by atoms with Crippen LogP contribution in [0, 0.1) is 6.92 Å². The molecule has 1 heteroatoms. The minimum atomic E-state index is 1.00. The molecule has 1 nitrogen and oxygen atoms in total. The normalized spacial score (nSPS) is 15.5. The van der Waals surface area contributed by atoms with Crippen LogP contribution < -0.4 is 0 Å². The highest BCUT2D eigenvalue weighted by Gasteiger charge is 2.06. The first kappa shape index (κ1) is 8.24. The average Bonchev–Trinajstić information content (AvgIpc) is 2.52. The Labute approximate surface area is 78.8 Å². The van der Waals surface area contributed by atoms with Crippen molar-refractivity contribution in [3.8, 4) is 0 Å². The van der Waals surface area contributed by atoms with Gasteiger partial charge in [0.15, 0.2) is 0 Å². The van der Waals surface area contributed by atoms with Gasteiger partial charge in [0.2, 0.25) is 0 Å². The zero-order valence-electron chi connectivity index (χ0n) is 8.04. The van der Waals surface area contributed by atoms with Gasteiger partial charge in [-0.05, 0) is 19.9 Å². The van der Waals surface area contributed by atoms with Gasteiger partial charge in [0.1, 0.15) is 0 Å². The summed E-state index contributed by atoms with van der Waals surface area (Å²) in [5, 5.41) is 0. The number of benzene rings is 1. The Morgan fingerprint density at radius 2 is 2.08 bits per heavy atom. The summed E-state index contributed by atoms with van der Waals surface area (Å²) in [4.78, 5) is 4.48. The predicted octanol–water partition coefficient (Wildman–Crippen LogP) is 3.20. The van der Waals surface area contributed by atoms with E-state index in [0.29, 0.717) is 0 Å². The molecule has 0 fully saturated rings. The van der Waals surface area contributed by atoms with Gasteiger partial charge in [0, 0.05) is 17.7 Å². The highest BCUT2D eigenvalue weighted by molar-refractivity contribution is 5.94. The topological polar surface area (TPSA) is 12.4 Å². The smallest absolute Gasteiger partial charge is 0.0665 e. The Balaban J connectivity index is 2.37. The molecule has 1 aliphatic rings. The molecule has 2 rings (SSSR count). The maximum Gasteiger partial charge on any atom is 0.0665 e. The van der Waals surface area contributed by atoms with Gasteiger partial charge < -0.3 is 0 Å². The lowest BCUT2D eigenvalue weighted by Crippen LogP contribution is -1.81. The van der Waals surface area contributed by atoms with Crippen LogP contribution in [0.2, 0.25) is 0 Å². The molecule has 0 bridgehead atoms. The molecule has 0 saturated heterocycles. The van der Waals surface area contributed by atoms with Crippen molar-refractivity contribution in [1.82, 2.24) is 0 Å². The molecule has 0 radical (unpaired) electrons. The molecule has 66 valence electrons. The zero-order chi connectivity index (χ0) is 9.26. The molecule has 0 saturated carbocycles. The van der Waals surface area contributed by atoms with E-state index >= 15 is 0 Å². The molecule has 1 heterocycles. The molecule has 0 spiro atoms. The number of hydrogen-bond donors (Lipinski definition) is 0. The van der Waals surface area contributed by atoms with Crippen LogP contribution in [0.4, 0.5) is 0 Å². The SMILES string of the molecule is CC1=NC(c2cccc(C)c2)=CC1. The van der Waals surface area contributed by atoms with Crippen LogP contribution in [-0.2, 0) is 0 Å². The summed E-state index contributed by atoms with van der Waals surface area (Å²) >= 11 is 0. The van der Waals surface area contributed by atoms with Crippen LogP contribution in [0.25, 0.3) is 5.70 Å². The number of allylic oxidation sites excluding steroid dienone is 1. The van der Waals surface area contributed by atoms with E-state index in [1.165, 1.54) is 16.8 Å². The second-order valence-corrected chi connectivity index (χ2v) is 3.51. The standard InChI is InChI=1S/C12H13N/c1-9-4-3-5-11(8-9)12-7-6-10(2)13-12/h3-5,7-8H,6H2,1-2H3. The molecule has 0 amide bonds. The summed E-state index contributed by atoms with van der Waals surface area (Å²) in [7, 11) is 0. The van der Waals surface area contributed by atoms with Crippen molar-refractivity contribution in [2.24, 2.45) is 4.99 Å². The summed E-state index contributed by atoms with van der Waals surface area (Å²) in [5.74, 6) is 0. The number of hydrogen-bond acceptors (Lipinski definition) is 1. The number of nitrogens with zero attached hydrogens (tertiary/aromatic N) is 1. The maximum atomic E-state index is 4.48. The third-order valence-electron chi connectivity index (χ3n) is 2.22. The van der Waals surface area contributed by atoms with Gasteiger partial charge in [-0.3, -0.25) is 4.99 Å². The maximum absolute atomic E-state index is 4.48. The Morgan fingerprint density at radius 1 is 1.23 bits per heavy atom. The van der Waals surface area contributed by atoms with Gasteiger partial charge in [-0.1, -0.05) is 29.8 Å². The first-order valence-corrected chi connectivity index (χ1v) is 4.57. The van der Waals surface area contributed by atoms with Crippen LogP contribution in [0.15, 0.2) is 35.3 Å². The quantitative estimate of drug-likeness (QED) is 0.615. The van der Waals surface area contributed by atoms with Crippen LogP contribution in [0.1, 0.15) is 24.5 Å². The molecule has 0 N–H and O–H groups in total. The molecular weight excluding hydrogens is 158 g/mol. The van der Waals surface area contributed by atoms with Gasteiger partial charge in [0.05, 0.1) is 5.70 Å². The Hall–Kier alpha value is -1.37. The average molecular weight is 171 g/mol. The van der Waals surface area contributed by atoms with Crippen molar-refractivity contribution in [2.45, 2.75) is 20.3 Å². The van der Waals surface area contributed by atoms with E-state index in [9.17, 15) is 0 Å². The van der Waals surface area contributed by atoms with Crippen molar-refractivity contribution >= 4 is 11.4 Å². The van der Waals surface area contributed by atoms with E-state index in [1.54, 1.807) is 0 Å². The first-order chi connectivity index (χ1) is 6.25. The largest absolute Gasteiger partial charge is 0.258 e. The summed E-state index contributed by atoms with van der Waals surface area (Å²) in [6.45, 7) is 4.18. The van der Waals surface area contributed by atoms with E-state index in [2.05, 4.69) is 49.2 Å². The zero-order valence-corrected chi connectivity index (χ0v) is 8.04. The minimum absolute atomic E-state index is 1.00. The lowest BCUT2D eigenvalue weighted by atomic mass is 10.1. The fourth-order valence-corrected chi connectivity index (χ4v) is 1.53. The number of aliphatic imine (C=N–C) groups is 1. The molecule has 1 aliphatic heterocycles. The van der Waals surface area contributed by atoms with E-state index in [-0.39, 0.29) is 0 Å². The van der Waals surface area contributed by atoms with E-state index in [0.717, 1.165) is 12.1 Å². The lowest BCUT2D eigenvalue weighted by molar-refractivity contribution is 1.43. The van der Waals surface area contributed by atoms with E-state index in [1.807, 2.05) is 0 Å². The molecule has 0 unspecified atom stereocenters. The van der Waals surface area contributed by atoms with E-state index < -0.39 is 0 Å². The summed E-state index contributed by atoms with van der Waals surface area (Å²) < 4.78 is 0. The highest BCUT2D eigenvalue weighted by atomic mass is 14.8. The number of aryl methyl sites for hydroxylation is 1. The molecule has 0 atom stereocenters. The minimum Gasteiger partial charge on any atom is -0.258 e. The Bertz CT molecular complexity index is 386. The molecule has 13 heavy (non-hydrogen) atoms. The third kappa shape index (κ3) is 1.69. The monoisotopic (exact) mass is 171 g/mol. The van der Waals surface area contributed by atoms with Gasteiger partial charge >= 0.3 is 0 Å². The molecular formula is C12H13N. The predicted molar refractivity (Wildman–Crippen MR) is 56.9 cm³/mol. The fraction of sp³-hybridized carbons (Fsp3) is 0.250. The molecule has 0 aromatic heterocycles. The van der Waals surface area contributed by atoms with Crippen LogP contribution in [0.3, 0.4) is 0 Å². The van der Waals surface area contributed by atoms with Crippen molar-refractivity contribution in [2.75, 3.05) is 0 Å². The van der Waals surface area contributed by atoms with Crippen molar-refractivity contribution in [1.29, 1.82) is 0 Å². The second kappa shape index (κ2) is 3.17. The summed E-state index contributed by atoms with van der Waals surface area (Å²) in [6.07, 6.45) is 3.19. The summed E-state index contributed by atoms with van der Waals surface area (Å²) in [6, 6.07) is 8.47. The Kier molecular flexibility index (Phi) is 2.01. The second-order valence-electron chi connectivity index (χ2n) is 3.51. The van der Waals surface area contributed by atoms with Crippen molar-refractivity contribution in [3.63, 3.8) is 0 Å². The fourth-order valence-electron chi connectivity index (χ4n) is 1.53. The first-order valence-electron chi connectivity index (χ1n) is 4.57. The third-order valence-corrected chi connectivity index (χ3v) is 2.22. The van der Waals surface area contributed by atoms with Gasteiger partial charge in [-0.2, -0.15) is 0 Å². The molecule has 1 aromatic carbocycles. The van der Waals surface area contributed by atoms with Crippen molar-refractivity contribution in [3.05, 3.63) is 41.5 Å². The van der Waals surface area contributed by atoms with Gasteiger partial charge in [0.25, 0.3) is 0 Å². The Morgan fingerprint density at radius 3 is 2.69 bits per heavy atom. The lowest BCUT2D eigenvalue weighted by Gasteiger charge is -1.99. The van der Waals surface area contributed by atoms with E-state index in [4.69, 9.17) is 0 Å². The molecule has 1 aromatic rings. The highest BCUT2D eigenvalue weighted by Crippen LogP contribution is 2.22. The van der Waals surface area contributed by atoms with Crippen LogP contribution in [0.5, 0.6) is 0 Å². The van der Waals surface area contributed by atoms with Crippen molar-refractivity contribution < 1.29 is 0 Å². The molecule has 0 aliphatic carbocycles. The van der Waals surface area contributed by atoms with Gasteiger partial charge in [-0.15, -0.1) is 0 Å². The van der Waals surface area contributed by atoms with Crippen LogP contribution in [-0.4, -0.2) is 5.71 Å².